The van der Waals surface area contributed by atoms with Gasteiger partial charge in [-0.1, -0.05) is 74.4 Å². The van der Waals surface area contributed by atoms with Gasteiger partial charge >= 0.3 is 5.97 Å². The highest BCUT2D eigenvalue weighted by molar-refractivity contribution is 14.1. The summed E-state index contributed by atoms with van der Waals surface area (Å²) >= 11 is 8.08. The van der Waals surface area contributed by atoms with Gasteiger partial charge < -0.3 is 4.74 Å². The van der Waals surface area contributed by atoms with Crippen molar-refractivity contribution in [2.75, 3.05) is 6.61 Å². The van der Waals surface area contributed by atoms with Crippen LogP contribution in [0.15, 0.2) is 12.7 Å². The molecule has 0 spiro atoms. The first kappa shape index (κ1) is 15.3. The molecule has 106 valence electrons. The number of hydrogen-bond acceptors (Lipinski definition) is 2. The van der Waals surface area contributed by atoms with Gasteiger partial charge in [-0.05, 0) is 38.5 Å². The summed E-state index contributed by atoms with van der Waals surface area (Å²) in [5, 5.41) is 0. The third-order valence-electron chi connectivity index (χ3n) is 4.66. The maximum atomic E-state index is 11.4. The molecule has 4 aliphatic carbocycles. The van der Waals surface area contributed by atoms with E-state index in [1.807, 2.05) is 0 Å². The average Bonchev–Trinajstić information content (AvgIpc) is 2.19. The fourth-order valence-electron chi connectivity index (χ4n) is 4.91. The zero-order valence-electron chi connectivity index (χ0n) is 10.7. The van der Waals surface area contributed by atoms with E-state index >= 15 is 0 Å². The van der Waals surface area contributed by atoms with Gasteiger partial charge in [-0.25, -0.2) is 4.79 Å². The Morgan fingerprint density at radius 2 is 1.42 bits per heavy atom. The lowest BCUT2D eigenvalue weighted by atomic mass is 9.49. The normalized spacial score (nSPS) is 51.1. The van der Waals surface area contributed by atoms with Crippen molar-refractivity contribution < 1.29 is 9.53 Å². The number of halogens is 3. The second-order valence-electron chi connectivity index (χ2n) is 6.83. The topological polar surface area (TPSA) is 26.3 Å². The molecule has 19 heavy (non-hydrogen) atoms. The fraction of sp³-hybridized carbons (Fsp3) is 0.786. The van der Waals surface area contributed by atoms with Crippen LogP contribution in [-0.2, 0) is 9.53 Å². The van der Waals surface area contributed by atoms with E-state index in [9.17, 15) is 4.79 Å². The number of ether oxygens (including phenoxy) is 1. The van der Waals surface area contributed by atoms with E-state index in [1.54, 1.807) is 0 Å². The molecule has 4 aliphatic rings. The molecule has 4 saturated carbocycles. The van der Waals surface area contributed by atoms with E-state index in [4.69, 9.17) is 4.74 Å². The molecule has 2 nitrogen and oxygen atoms in total. The molecule has 0 saturated heterocycles. The molecule has 0 radical (unpaired) electrons. The minimum atomic E-state index is -0.275. The van der Waals surface area contributed by atoms with E-state index in [1.165, 1.54) is 44.6 Å². The number of alkyl halides is 3. The van der Waals surface area contributed by atoms with Crippen molar-refractivity contribution in [2.24, 2.45) is 5.41 Å². The standard InChI is InChI=1S/C14H17I3O2/c1-2-10(18)19-9-11-3-12(15)6-13(16,4-11)8-14(17,5-11)7-12/h2H,1,3-9H2. The molecule has 0 amide bonds. The lowest BCUT2D eigenvalue weighted by molar-refractivity contribution is -0.145. The van der Waals surface area contributed by atoms with Gasteiger partial charge in [0, 0.05) is 21.8 Å². The van der Waals surface area contributed by atoms with Crippen LogP contribution in [0.1, 0.15) is 38.5 Å². The van der Waals surface area contributed by atoms with Crippen LogP contribution < -0.4 is 0 Å². The summed E-state index contributed by atoms with van der Waals surface area (Å²) in [5.41, 5.74) is 0.205. The summed E-state index contributed by atoms with van der Waals surface area (Å²) in [6, 6.07) is 0. The van der Waals surface area contributed by atoms with E-state index in [2.05, 4.69) is 74.4 Å². The zero-order valence-corrected chi connectivity index (χ0v) is 17.2. The molecular formula is C14H17I3O2. The zero-order chi connectivity index (χ0) is 13.9. The first-order valence-corrected chi connectivity index (χ1v) is 9.79. The van der Waals surface area contributed by atoms with Crippen molar-refractivity contribution in [3.63, 3.8) is 0 Å². The molecule has 0 aromatic rings. The minimum absolute atomic E-state index is 0.205. The molecule has 5 heteroatoms. The van der Waals surface area contributed by atoms with E-state index < -0.39 is 0 Å². The van der Waals surface area contributed by atoms with Crippen LogP contribution in [0.25, 0.3) is 0 Å². The first-order valence-electron chi connectivity index (χ1n) is 6.56. The van der Waals surface area contributed by atoms with Gasteiger partial charge in [-0.3, -0.25) is 0 Å². The van der Waals surface area contributed by atoms with Crippen LogP contribution in [0, 0.1) is 5.41 Å². The summed E-state index contributed by atoms with van der Waals surface area (Å²) in [6.45, 7) is 4.07. The van der Waals surface area contributed by atoms with Crippen molar-refractivity contribution in [3.05, 3.63) is 12.7 Å². The Balaban J connectivity index is 1.86. The Morgan fingerprint density at radius 3 is 1.79 bits per heavy atom. The fourth-order valence-corrected chi connectivity index (χ4v) is 13.9. The van der Waals surface area contributed by atoms with Crippen molar-refractivity contribution in [1.82, 2.24) is 0 Å². The molecule has 4 fully saturated rings. The van der Waals surface area contributed by atoms with Crippen LogP contribution in [0.3, 0.4) is 0 Å². The van der Waals surface area contributed by atoms with Gasteiger partial charge in [-0.2, -0.15) is 0 Å². The maximum absolute atomic E-state index is 11.4. The van der Waals surface area contributed by atoms with Gasteiger partial charge in [0.1, 0.15) is 0 Å². The third-order valence-corrected chi connectivity index (χ3v) is 8.10. The Hall–Kier alpha value is 1.40. The lowest BCUT2D eigenvalue weighted by Gasteiger charge is -2.66. The summed E-state index contributed by atoms with van der Waals surface area (Å²) in [7, 11) is 0. The highest BCUT2D eigenvalue weighted by Gasteiger charge is 2.66. The van der Waals surface area contributed by atoms with Crippen LogP contribution >= 0.6 is 67.8 Å². The predicted molar refractivity (Wildman–Crippen MR) is 102 cm³/mol. The predicted octanol–water partition coefficient (Wildman–Crippen LogP) is 4.60. The Kier molecular flexibility index (Phi) is 3.78. The molecule has 0 aromatic heterocycles. The van der Waals surface area contributed by atoms with Gasteiger partial charge in [0.15, 0.2) is 0 Å². The van der Waals surface area contributed by atoms with Gasteiger partial charge in [0.25, 0.3) is 0 Å². The Labute approximate surface area is 155 Å². The molecule has 0 aromatic carbocycles. The smallest absolute Gasteiger partial charge is 0.330 e. The van der Waals surface area contributed by atoms with E-state index in [-0.39, 0.29) is 11.4 Å². The van der Waals surface area contributed by atoms with Gasteiger partial charge in [-0.15, -0.1) is 0 Å². The second kappa shape index (κ2) is 4.70. The number of carbonyl (C=O) groups is 1. The molecule has 4 rings (SSSR count). The largest absolute Gasteiger partial charge is 0.462 e. The summed E-state index contributed by atoms with van der Waals surface area (Å²) in [6.07, 6.45) is 8.87. The summed E-state index contributed by atoms with van der Waals surface area (Å²) in [5.74, 6) is -0.275. The van der Waals surface area contributed by atoms with Crippen LogP contribution in [-0.4, -0.2) is 22.8 Å². The van der Waals surface area contributed by atoms with E-state index in [0.717, 1.165) is 0 Å². The summed E-state index contributed by atoms with van der Waals surface area (Å²) < 4.78 is 6.68. The first-order chi connectivity index (χ1) is 8.70. The van der Waals surface area contributed by atoms with Gasteiger partial charge in [0.05, 0.1) is 6.61 Å². The molecule has 0 N–H and O–H groups in total. The van der Waals surface area contributed by atoms with Crippen LogP contribution in [0.5, 0.6) is 0 Å². The Morgan fingerprint density at radius 1 is 1.00 bits per heavy atom. The minimum Gasteiger partial charge on any atom is -0.462 e. The van der Waals surface area contributed by atoms with Crippen molar-refractivity contribution in [1.29, 1.82) is 0 Å². The maximum Gasteiger partial charge on any atom is 0.330 e. The average molecular weight is 598 g/mol. The SMILES string of the molecule is C=CC(=O)OCC12CC3(I)CC(I)(CC(I)(C3)C1)C2. The van der Waals surface area contributed by atoms with Gasteiger partial charge in [0.2, 0.25) is 0 Å². The van der Waals surface area contributed by atoms with Crippen molar-refractivity contribution >= 4 is 73.7 Å². The second-order valence-corrected chi connectivity index (χ2v) is 13.7. The molecule has 0 atom stereocenters. The summed E-state index contributed by atoms with van der Waals surface area (Å²) in [4.78, 5) is 11.4. The quantitative estimate of drug-likeness (QED) is 0.206. The molecule has 0 unspecified atom stereocenters. The van der Waals surface area contributed by atoms with Crippen molar-refractivity contribution in [3.8, 4) is 0 Å². The number of carbonyl (C=O) groups excluding carboxylic acids is 1. The number of rotatable bonds is 3. The highest BCUT2D eigenvalue weighted by Crippen LogP contribution is 2.71. The van der Waals surface area contributed by atoms with Crippen LogP contribution in [0.4, 0.5) is 0 Å². The monoisotopic (exact) mass is 598 g/mol. The molecule has 4 bridgehead atoms. The molecule has 0 heterocycles. The van der Waals surface area contributed by atoms with Crippen LogP contribution in [0.2, 0.25) is 0 Å². The van der Waals surface area contributed by atoms with Crippen molar-refractivity contribution in [2.45, 2.75) is 48.8 Å². The Bertz CT molecular complexity index is 394. The third kappa shape index (κ3) is 2.85. The number of hydrogen-bond donors (Lipinski definition) is 0. The lowest BCUT2D eigenvalue weighted by Crippen LogP contribution is -2.64. The highest BCUT2D eigenvalue weighted by atomic mass is 127. The van der Waals surface area contributed by atoms with E-state index in [0.29, 0.717) is 16.9 Å². The molecule has 0 aliphatic heterocycles. The molecular weight excluding hydrogens is 581 g/mol. The number of esters is 1.